The molecule has 0 aromatic heterocycles. The first-order valence-corrected chi connectivity index (χ1v) is 15.6. The average molecular weight is 703 g/mol. The Morgan fingerprint density at radius 3 is 1.31 bits per heavy atom. The molecule has 0 aliphatic carbocycles. The van der Waals surface area contributed by atoms with E-state index in [4.69, 9.17) is 0 Å². The molecule has 0 unspecified atom stereocenters. The summed E-state index contributed by atoms with van der Waals surface area (Å²) in [7, 11) is 0. The number of hydrogen-bond acceptors (Lipinski definition) is 7. The van der Waals surface area contributed by atoms with Gasteiger partial charge in [0.25, 0.3) is 0 Å². The number of halogens is 6. The zero-order chi connectivity index (χ0) is 36.2. The highest BCUT2D eigenvalue weighted by atomic mass is 19.4. The second-order valence-corrected chi connectivity index (χ2v) is 11.9. The maximum Gasteiger partial charge on any atom is 0.416 e. The second kappa shape index (κ2) is 18.1. The van der Waals surface area contributed by atoms with Crippen molar-refractivity contribution in [1.82, 2.24) is 19.6 Å². The molecule has 2 aromatic rings. The number of hydrogen-bond donors (Lipinski definition) is 3. The van der Waals surface area contributed by atoms with Gasteiger partial charge in [-0.2, -0.15) is 26.3 Å². The monoisotopic (exact) mass is 702 g/mol. The lowest BCUT2D eigenvalue weighted by atomic mass is 10.0. The van der Waals surface area contributed by atoms with Gasteiger partial charge in [0, 0.05) is 52.4 Å². The lowest BCUT2D eigenvalue weighted by molar-refractivity contribution is -0.143. The van der Waals surface area contributed by atoms with E-state index in [1.165, 1.54) is 12.2 Å². The highest BCUT2D eigenvalue weighted by Gasteiger charge is 2.36. The van der Waals surface area contributed by atoms with Crippen LogP contribution in [-0.4, -0.2) is 125 Å². The summed E-state index contributed by atoms with van der Waals surface area (Å²) in [5, 5.41) is 28.2. The van der Waals surface area contributed by atoms with Crippen LogP contribution in [0, 0.1) is 0 Å². The van der Waals surface area contributed by atoms with Gasteiger partial charge in [-0.15, -0.1) is 0 Å². The van der Waals surface area contributed by atoms with Gasteiger partial charge in [0.2, 0.25) is 0 Å². The normalized spacial score (nSPS) is 17.6. The number of carboxylic acids is 3. The third-order valence-electron chi connectivity index (χ3n) is 7.90. The summed E-state index contributed by atoms with van der Waals surface area (Å²) in [6.07, 6.45) is -6.22. The van der Waals surface area contributed by atoms with E-state index in [9.17, 15) is 56.0 Å². The lowest BCUT2D eigenvalue weighted by Crippen LogP contribution is -2.44. The van der Waals surface area contributed by atoms with Crippen LogP contribution in [0.1, 0.15) is 40.7 Å². The summed E-state index contributed by atoms with van der Waals surface area (Å²) in [5.41, 5.74) is -1.65. The van der Waals surface area contributed by atoms with Crippen LogP contribution in [0.4, 0.5) is 26.3 Å². The Morgan fingerprint density at radius 1 is 0.551 bits per heavy atom. The van der Waals surface area contributed by atoms with Crippen LogP contribution in [0.2, 0.25) is 0 Å². The fourth-order valence-electron chi connectivity index (χ4n) is 5.52. The van der Waals surface area contributed by atoms with Crippen molar-refractivity contribution >= 4 is 30.1 Å². The largest absolute Gasteiger partial charge is 0.480 e. The molecule has 0 radical (unpaired) electrons. The van der Waals surface area contributed by atoms with Crippen molar-refractivity contribution in [2.24, 2.45) is 0 Å². The molecule has 270 valence electrons. The van der Waals surface area contributed by atoms with E-state index in [1.807, 2.05) is 0 Å². The predicted octanol–water partition coefficient (Wildman–Crippen LogP) is 4.65. The molecule has 1 aliphatic rings. The molecule has 0 amide bonds. The molecule has 49 heavy (non-hydrogen) atoms. The van der Waals surface area contributed by atoms with Crippen molar-refractivity contribution in [2.45, 2.75) is 31.7 Å². The Morgan fingerprint density at radius 2 is 0.918 bits per heavy atom. The summed E-state index contributed by atoms with van der Waals surface area (Å²) in [6.45, 7) is 3.14. The molecule has 0 atom stereocenters. The van der Waals surface area contributed by atoms with Crippen LogP contribution in [0.5, 0.6) is 0 Å². The third-order valence-corrected chi connectivity index (χ3v) is 7.90. The number of aliphatic carboxylic acids is 3. The maximum absolute atomic E-state index is 13.2. The van der Waals surface area contributed by atoms with Gasteiger partial charge in [-0.05, 0) is 54.3 Å². The summed E-state index contributed by atoms with van der Waals surface area (Å²) < 4.78 is 79.4. The van der Waals surface area contributed by atoms with E-state index >= 15 is 0 Å². The van der Waals surface area contributed by atoms with E-state index in [0.29, 0.717) is 89.4 Å². The van der Waals surface area contributed by atoms with E-state index in [0.717, 1.165) is 5.56 Å². The predicted molar refractivity (Wildman–Crippen MR) is 169 cm³/mol. The maximum atomic E-state index is 13.2. The van der Waals surface area contributed by atoms with E-state index in [2.05, 4.69) is 4.90 Å². The number of carbonyl (C=O) groups is 3. The van der Waals surface area contributed by atoms with E-state index in [1.54, 1.807) is 39.0 Å². The molecule has 0 saturated carbocycles. The van der Waals surface area contributed by atoms with Crippen molar-refractivity contribution in [3.63, 3.8) is 0 Å². The molecule has 3 rings (SSSR count). The van der Waals surface area contributed by atoms with Gasteiger partial charge in [0.05, 0.1) is 30.8 Å². The van der Waals surface area contributed by atoms with Gasteiger partial charge in [-0.25, -0.2) is 0 Å². The zero-order valence-electron chi connectivity index (χ0n) is 26.7. The minimum absolute atomic E-state index is 0.0767. The molecule has 1 saturated heterocycles. The quantitative estimate of drug-likeness (QED) is 0.238. The lowest BCUT2D eigenvalue weighted by Gasteiger charge is -2.31. The molecule has 2 aromatic carbocycles. The van der Waals surface area contributed by atoms with Gasteiger partial charge < -0.3 is 15.3 Å². The Hall–Kier alpha value is -3.99. The highest BCUT2D eigenvalue weighted by molar-refractivity contribution is 5.71. The van der Waals surface area contributed by atoms with Gasteiger partial charge in [-0.3, -0.25) is 34.0 Å². The summed E-state index contributed by atoms with van der Waals surface area (Å²) >= 11 is 0. The summed E-state index contributed by atoms with van der Waals surface area (Å²) in [6, 6.07) is 8.30. The minimum atomic E-state index is -4.95. The van der Waals surface area contributed by atoms with Crippen molar-refractivity contribution in [1.29, 1.82) is 0 Å². The van der Waals surface area contributed by atoms with Crippen LogP contribution in [0.15, 0.2) is 42.5 Å². The van der Waals surface area contributed by atoms with Gasteiger partial charge >= 0.3 is 30.3 Å². The van der Waals surface area contributed by atoms with Crippen LogP contribution >= 0.6 is 0 Å². The van der Waals surface area contributed by atoms with Gasteiger partial charge in [0.1, 0.15) is 0 Å². The van der Waals surface area contributed by atoms with Crippen molar-refractivity contribution in [2.75, 3.05) is 72.0 Å². The highest BCUT2D eigenvalue weighted by Crippen LogP contribution is 2.36. The molecule has 1 fully saturated rings. The van der Waals surface area contributed by atoms with Crippen molar-refractivity contribution in [3.8, 4) is 0 Å². The Balaban J connectivity index is 1.75. The molecular weight excluding hydrogens is 662 g/mol. The average Bonchev–Trinajstić information content (AvgIpc) is 2.99. The summed E-state index contributed by atoms with van der Waals surface area (Å²) in [4.78, 5) is 41.8. The fraction of sp³-hybridized carbons (Fsp3) is 0.485. The van der Waals surface area contributed by atoms with Crippen LogP contribution in [0.3, 0.4) is 0 Å². The minimum Gasteiger partial charge on any atom is -0.480 e. The Kier molecular flexibility index (Phi) is 14.6. The van der Waals surface area contributed by atoms with Crippen LogP contribution < -0.4 is 0 Å². The van der Waals surface area contributed by atoms with Crippen molar-refractivity contribution in [3.05, 3.63) is 70.3 Å². The number of carboxylic acid groups (broad SMARTS) is 3. The van der Waals surface area contributed by atoms with Crippen LogP contribution in [0.25, 0.3) is 12.2 Å². The number of nitrogens with zero attached hydrogens (tertiary/aromatic N) is 4. The summed E-state index contributed by atoms with van der Waals surface area (Å²) in [5.74, 6) is -3.01. The molecule has 16 heteroatoms. The van der Waals surface area contributed by atoms with Gasteiger partial charge in [0.15, 0.2) is 0 Å². The fourth-order valence-corrected chi connectivity index (χ4v) is 5.52. The number of benzene rings is 2. The number of rotatable bonds is 10. The molecular formula is C33H40F6N4O6. The molecule has 10 nitrogen and oxygen atoms in total. The third kappa shape index (κ3) is 14.6. The van der Waals surface area contributed by atoms with Crippen molar-refractivity contribution < 1.29 is 56.0 Å². The molecule has 0 spiro atoms. The first-order valence-electron chi connectivity index (χ1n) is 15.6. The first-order chi connectivity index (χ1) is 23.0. The first kappa shape index (κ1) is 39.4. The van der Waals surface area contributed by atoms with E-state index < -0.39 is 41.4 Å². The van der Waals surface area contributed by atoms with Gasteiger partial charge in [-0.1, -0.05) is 36.4 Å². The van der Waals surface area contributed by atoms with Crippen LogP contribution in [-0.2, 0) is 33.3 Å². The van der Waals surface area contributed by atoms with E-state index in [-0.39, 0.29) is 31.3 Å². The molecule has 1 aliphatic heterocycles. The second-order valence-electron chi connectivity index (χ2n) is 11.9. The SMILES string of the molecule is O=C(O)CN1CCCN(CC(=O)O)CCN(Cc2ccc(/C=C/c3cc(C(F)(F)F)cc(C(F)(F)F)c3)cc2)CCCN(CC(=O)O)CC1. The number of alkyl halides is 6. The molecule has 3 N–H and O–H groups in total. The topological polar surface area (TPSA) is 125 Å². The zero-order valence-corrected chi connectivity index (χ0v) is 26.7. The Bertz CT molecular complexity index is 1400. The molecule has 1 heterocycles. The smallest absolute Gasteiger partial charge is 0.416 e. The molecule has 0 bridgehead atoms. The Labute approximate surface area is 279 Å². The standard InChI is InChI=1S/C33H40F6N4O6/c34-32(35,36)27-17-26(18-28(19-27)33(37,38)39)8-5-24-3-6-25(7-4-24)20-40-9-1-10-42(22-30(46)47)15-16-43(23-31(48)49)12-2-11-41(14-13-40)21-29(44)45/h3-8,17-19H,1-2,9-16,20-23H2,(H,44,45)(H,46,47)(H,48,49)/b8-5+.